The number of pyridine rings is 1. The molecule has 1 amide bonds. The molecule has 2 aliphatic rings. The first-order valence-corrected chi connectivity index (χ1v) is 15.1. The van der Waals surface area contributed by atoms with E-state index in [2.05, 4.69) is 18.8 Å². The van der Waals surface area contributed by atoms with E-state index in [0.29, 0.717) is 19.4 Å². The van der Waals surface area contributed by atoms with Gasteiger partial charge in [-0.2, -0.15) is 13.2 Å². The molecule has 0 saturated carbocycles. The summed E-state index contributed by atoms with van der Waals surface area (Å²) in [5.74, 6) is -1.31. The van der Waals surface area contributed by atoms with Crippen LogP contribution in [0, 0.1) is 11.3 Å². The molecule has 2 aliphatic heterocycles. The van der Waals surface area contributed by atoms with Crippen molar-refractivity contribution in [1.29, 1.82) is 0 Å². The molecule has 5 atom stereocenters. The van der Waals surface area contributed by atoms with Gasteiger partial charge in [0.1, 0.15) is 12.1 Å². The molecule has 2 saturated heterocycles. The number of hydrogen-bond acceptors (Lipinski definition) is 7. The van der Waals surface area contributed by atoms with Crippen LogP contribution in [0.2, 0.25) is 0 Å². The summed E-state index contributed by atoms with van der Waals surface area (Å²) in [5.41, 5.74) is 0.347. The van der Waals surface area contributed by atoms with E-state index in [1.165, 1.54) is 7.11 Å². The molecule has 2 aromatic rings. The van der Waals surface area contributed by atoms with Gasteiger partial charge in [-0.05, 0) is 48.3 Å². The molecule has 0 spiro atoms. The molecule has 3 heterocycles. The zero-order valence-corrected chi connectivity index (χ0v) is 26.4. The van der Waals surface area contributed by atoms with Gasteiger partial charge in [0.25, 0.3) is 5.91 Å². The number of carbonyl (C=O) groups excluding carboxylic acids is 2. The first-order valence-electron chi connectivity index (χ1n) is 15.1. The molecule has 242 valence electrons. The van der Waals surface area contributed by atoms with Crippen LogP contribution in [0.4, 0.5) is 13.2 Å². The number of esters is 1. The number of halogens is 3. The summed E-state index contributed by atoms with van der Waals surface area (Å²) in [5, 5.41) is 0. The monoisotopic (exact) mass is 620 g/mol. The molecule has 0 N–H and O–H groups in total. The summed E-state index contributed by atoms with van der Waals surface area (Å²) in [4.78, 5) is 33.5. The van der Waals surface area contributed by atoms with Crippen LogP contribution in [-0.2, 0) is 36.6 Å². The zero-order valence-electron chi connectivity index (χ0n) is 26.4. The number of aromatic nitrogens is 1. The van der Waals surface area contributed by atoms with Crippen LogP contribution in [-0.4, -0.2) is 60.3 Å². The molecule has 1 aromatic carbocycles. The van der Waals surface area contributed by atoms with Gasteiger partial charge in [0, 0.05) is 24.3 Å². The van der Waals surface area contributed by atoms with Crippen molar-refractivity contribution in [2.45, 2.75) is 97.4 Å². The number of hydrogen-bond donors (Lipinski definition) is 0. The largest absolute Gasteiger partial charge is 0.481 e. The number of ether oxygens (including phenoxy) is 4. The van der Waals surface area contributed by atoms with E-state index in [1.807, 2.05) is 45.0 Å². The predicted molar refractivity (Wildman–Crippen MR) is 157 cm³/mol. The number of nitrogens with zero attached hydrogens (tertiary/aromatic N) is 2. The number of amides is 1. The summed E-state index contributed by atoms with van der Waals surface area (Å²) < 4.78 is 64.1. The van der Waals surface area contributed by atoms with Gasteiger partial charge < -0.3 is 23.8 Å². The van der Waals surface area contributed by atoms with E-state index in [0.717, 1.165) is 23.4 Å². The van der Waals surface area contributed by atoms with Crippen molar-refractivity contribution in [3.63, 3.8) is 0 Å². The Morgan fingerprint density at radius 3 is 2.45 bits per heavy atom. The minimum atomic E-state index is -4.62. The van der Waals surface area contributed by atoms with Gasteiger partial charge in [-0.3, -0.25) is 4.79 Å². The summed E-state index contributed by atoms with van der Waals surface area (Å²) in [7, 11) is 1.33. The molecule has 44 heavy (non-hydrogen) atoms. The van der Waals surface area contributed by atoms with Gasteiger partial charge in [-0.15, -0.1) is 0 Å². The molecule has 11 heteroatoms. The first kappa shape index (κ1) is 33.7. The van der Waals surface area contributed by atoms with Crippen molar-refractivity contribution in [2.75, 3.05) is 20.3 Å². The second kappa shape index (κ2) is 13.4. The number of methoxy groups -OCH3 is 1. The highest BCUT2D eigenvalue weighted by molar-refractivity contribution is 5.89. The fourth-order valence-corrected chi connectivity index (χ4v) is 6.32. The topological polar surface area (TPSA) is 87.2 Å². The smallest absolute Gasteiger partial charge is 0.417 e. The van der Waals surface area contributed by atoms with Gasteiger partial charge in [-0.25, -0.2) is 9.78 Å². The molecule has 2 fully saturated rings. The molecular formula is C33H43F3N2O6. The Labute approximate surface area is 257 Å². The van der Waals surface area contributed by atoms with Crippen LogP contribution in [0.1, 0.15) is 88.6 Å². The van der Waals surface area contributed by atoms with E-state index in [9.17, 15) is 22.8 Å². The van der Waals surface area contributed by atoms with Crippen molar-refractivity contribution in [2.24, 2.45) is 11.3 Å². The molecule has 0 radical (unpaired) electrons. The molecule has 8 nitrogen and oxygen atoms in total. The first-order chi connectivity index (χ1) is 20.7. The SMILES string of the molecule is CCOC(=O)[C@@H]1[C@@H](C(C)(C)C)[C@H](OCc2cc(C(F)(F)F)cnc2OC)[C@H](c2cccc(C(C)C)c2)N1C(=O)[C@@H]1CCCO1. The fraction of sp³-hybridized carbons (Fsp3) is 0.606. The molecule has 0 bridgehead atoms. The second-order valence-electron chi connectivity index (χ2n) is 12.8. The third-order valence-electron chi connectivity index (χ3n) is 8.39. The highest BCUT2D eigenvalue weighted by atomic mass is 19.4. The summed E-state index contributed by atoms with van der Waals surface area (Å²) in [6.07, 6.45) is -4.20. The normalized spacial score (nSPS) is 24.2. The van der Waals surface area contributed by atoms with E-state index in [1.54, 1.807) is 11.8 Å². The van der Waals surface area contributed by atoms with Gasteiger partial charge in [0.2, 0.25) is 5.88 Å². The minimum Gasteiger partial charge on any atom is -0.481 e. The maximum atomic E-state index is 14.3. The van der Waals surface area contributed by atoms with Crippen molar-refractivity contribution < 1.29 is 41.7 Å². The van der Waals surface area contributed by atoms with E-state index in [4.69, 9.17) is 18.9 Å². The molecule has 1 aromatic heterocycles. The molecule has 0 unspecified atom stereocenters. The highest BCUT2D eigenvalue weighted by Gasteiger charge is 2.60. The van der Waals surface area contributed by atoms with Crippen molar-refractivity contribution in [3.8, 4) is 5.88 Å². The molecular weight excluding hydrogens is 577 g/mol. The fourth-order valence-electron chi connectivity index (χ4n) is 6.32. The Balaban J connectivity index is 1.89. The number of rotatable bonds is 9. The summed E-state index contributed by atoms with van der Waals surface area (Å²) >= 11 is 0. The number of alkyl halides is 3. The van der Waals surface area contributed by atoms with Crippen LogP contribution in [0.15, 0.2) is 36.5 Å². The minimum absolute atomic E-state index is 0.00380. The van der Waals surface area contributed by atoms with E-state index >= 15 is 0 Å². The van der Waals surface area contributed by atoms with Gasteiger partial charge >= 0.3 is 12.1 Å². The van der Waals surface area contributed by atoms with Crippen molar-refractivity contribution in [3.05, 3.63) is 58.8 Å². The average molecular weight is 621 g/mol. The lowest BCUT2D eigenvalue weighted by molar-refractivity contribution is -0.160. The average Bonchev–Trinajstić information content (AvgIpc) is 3.62. The van der Waals surface area contributed by atoms with Gasteiger partial charge in [-0.1, -0.05) is 58.9 Å². The third-order valence-corrected chi connectivity index (χ3v) is 8.39. The standard InChI is InChI=1S/C33H43F3N2O6/c1-8-42-31(40)27-25(32(4,5)6)28(44-18-22-16-23(33(34,35)36)17-37-29(22)41-7)26(21-12-9-11-20(15-21)19(2)3)38(27)30(39)24-13-10-14-43-24/h9,11-12,15-17,19,24-28H,8,10,13-14,18H2,1-7H3/t24-,25+,26-,27-,28-/m0/s1. The molecule has 0 aliphatic carbocycles. The van der Waals surface area contributed by atoms with Crippen LogP contribution in [0.5, 0.6) is 5.88 Å². The summed E-state index contributed by atoms with van der Waals surface area (Å²) in [6.45, 7) is 11.9. The lowest BCUT2D eigenvalue weighted by Gasteiger charge is -2.35. The Hall–Kier alpha value is -3.18. The Morgan fingerprint density at radius 1 is 1.16 bits per heavy atom. The quantitative estimate of drug-likeness (QED) is 0.297. The van der Waals surface area contributed by atoms with Gasteiger partial charge in [0.05, 0.1) is 38.0 Å². The number of likely N-dealkylation sites (tertiary alicyclic amines) is 1. The maximum Gasteiger partial charge on any atom is 0.417 e. The van der Waals surface area contributed by atoms with Crippen LogP contribution >= 0.6 is 0 Å². The summed E-state index contributed by atoms with van der Waals surface area (Å²) in [6, 6.07) is 6.97. The van der Waals surface area contributed by atoms with Crippen LogP contribution in [0.3, 0.4) is 0 Å². The molecule has 4 rings (SSSR count). The second-order valence-corrected chi connectivity index (χ2v) is 12.8. The number of benzene rings is 1. The zero-order chi connectivity index (χ0) is 32.4. The van der Waals surface area contributed by atoms with Gasteiger partial charge in [0.15, 0.2) is 0 Å². The van der Waals surface area contributed by atoms with Crippen molar-refractivity contribution >= 4 is 11.9 Å². The Kier molecular flexibility index (Phi) is 10.3. The van der Waals surface area contributed by atoms with E-state index in [-0.39, 0.29) is 36.5 Å². The Morgan fingerprint density at radius 2 is 1.89 bits per heavy atom. The van der Waals surface area contributed by atoms with Crippen LogP contribution in [0.25, 0.3) is 0 Å². The van der Waals surface area contributed by atoms with Crippen LogP contribution < -0.4 is 4.74 Å². The number of carbonyl (C=O) groups is 2. The lowest BCUT2D eigenvalue weighted by atomic mass is 9.73. The Bertz CT molecular complexity index is 1320. The van der Waals surface area contributed by atoms with E-state index < -0.39 is 53.3 Å². The lowest BCUT2D eigenvalue weighted by Crippen LogP contribution is -2.50. The maximum absolute atomic E-state index is 14.3. The highest BCUT2D eigenvalue weighted by Crippen LogP contribution is 2.51. The van der Waals surface area contributed by atoms with Crippen molar-refractivity contribution in [1.82, 2.24) is 9.88 Å². The predicted octanol–water partition coefficient (Wildman–Crippen LogP) is 6.47. The third kappa shape index (κ3) is 7.04.